The summed E-state index contributed by atoms with van der Waals surface area (Å²) in [4.78, 5) is 2.40. The molecule has 2 aromatic rings. The molecule has 0 aromatic heterocycles. The zero-order valence-corrected chi connectivity index (χ0v) is 11.8. The summed E-state index contributed by atoms with van der Waals surface area (Å²) < 4.78 is 5.33. The lowest BCUT2D eigenvalue weighted by Gasteiger charge is -2.27. The summed E-state index contributed by atoms with van der Waals surface area (Å²) in [5.41, 5.74) is 9.37. The Morgan fingerprint density at radius 3 is 2.50 bits per heavy atom. The van der Waals surface area contributed by atoms with Crippen LogP contribution in [0.4, 0.5) is 11.4 Å². The van der Waals surface area contributed by atoms with Gasteiger partial charge in [-0.2, -0.15) is 0 Å². The molecule has 3 heteroatoms. The van der Waals surface area contributed by atoms with Crippen LogP contribution in [0.1, 0.15) is 18.4 Å². The second-order valence-electron chi connectivity index (χ2n) is 5.24. The van der Waals surface area contributed by atoms with Crippen molar-refractivity contribution in [2.45, 2.75) is 25.4 Å². The molecule has 2 aromatic carbocycles. The highest BCUT2D eigenvalue weighted by Gasteiger charge is 2.30. The number of para-hydroxylation sites is 1. The Bertz CT molecular complexity index is 579. The minimum absolute atomic E-state index is 0.601. The number of anilines is 2. The molecule has 0 aliphatic heterocycles. The van der Waals surface area contributed by atoms with E-state index in [9.17, 15) is 0 Å². The van der Waals surface area contributed by atoms with Gasteiger partial charge in [-0.3, -0.25) is 0 Å². The lowest BCUT2D eigenvalue weighted by atomic mass is 10.1. The molecule has 0 unspecified atom stereocenters. The number of benzene rings is 2. The first-order valence-electron chi connectivity index (χ1n) is 7.02. The van der Waals surface area contributed by atoms with E-state index in [1.165, 1.54) is 18.4 Å². The van der Waals surface area contributed by atoms with E-state index in [4.69, 9.17) is 10.5 Å². The molecule has 0 amide bonds. The number of hydrogen-bond acceptors (Lipinski definition) is 3. The summed E-state index contributed by atoms with van der Waals surface area (Å²) in [5, 5.41) is 0. The van der Waals surface area contributed by atoms with Gasteiger partial charge in [-0.25, -0.2) is 0 Å². The van der Waals surface area contributed by atoms with Crippen molar-refractivity contribution in [3.63, 3.8) is 0 Å². The van der Waals surface area contributed by atoms with E-state index in [0.29, 0.717) is 6.04 Å². The molecule has 0 saturated heterocycles. The monoisotopic (exact) mass is 268 g/mol. The Labute approximate surface area is 120 Å². The molecule has 0 atom stereocenters. The van der Waals surface area contributed by atoms with Gasteiger partial charge in [-0.15, -0.1) is 0 Å². The van der Waals surface area contributed by atoms with Crippen LogP contribution >= 0.6 is 0 Å². The van der Waals surface area contributed by atoms with E-state index in [1.807, 2.05) is 18.2 Å². The Morgan fingerprint density at radius 1 is 1.10 bits per heavy atom. The number of nitrogens with zero attached hydrogens (tertiary/aromatic N) is 1. The van der Waals surface area contributed by atoms with Crippen molar-refractivity contribution in [1.29, 1.82) is 0 Å². The molecule has 2 N–H and O–H groups in total. The van der Waals surface area contributed by atoms with Gasteiger partial charge in [0.25, 0.3) is 0 Å². The van der Waals surface area contributed by atoms with Crippen molar-refractivity contribution in [2.24, 2.45) is 0 Å². The van der Waals surface area contributed by atoms with Gasteiger partial charge in [0, 0.05) is 12.6 Å². The quantitative estimate of drug-likeness (QED) is 0.844. The fourth-order valence-corrected chi connectivity index (χ4v) is 2.54. The smallest absolute Gasteiger partial charge is 0.143 e. The molecule has 20 heavy (non-hydrogen) atoms. The first kappa shape index (κ1) is 12.9. The molecule has 3 rings (SSSR count). The molecule has 1 fully saturated rings. The minimum atomic E-state index is 0.601. The number of nitrogens with two attached hydrogens (primary N) is 1. The van der Waals surface area contributed by atoms with Crippen LogP contribution in [0.15, 0.2) is 48.5 Å². The van der Waals surface area contributed by atoms with Crippen molar-refractivity contribution in [3.05, 3.63) is 54.1 Å². The molecular weight excluding hydrogens is 248 g/mol. The largest absolute Gasteiger partial charge is 0.495 e. The summed E-state index contributed by atoms with van der Waals surface area (Å²) in [7, 11) is 1.66. The van der Waals surface area contributed by atoms with Crippen molar-refractivity contribution < 1.29 is 4.74 Å². The highest BCUT2D eigenvalue weighted by Crippen LogP contribution is 2.39. The molecular formula is C17H20N2O. The third-order valence-electron chi connectivity index (χ3n) is 3.76. The highest BCUT2D eigenvalue weighted by molar-refractivity contribution is 5.74. The SMILES string of the molecule is COc1cccc(N(Cc2ccccc2)C2CC2)c1N. The summed E-state index contributed by atoms with van der Waals surface area (Å²) >= 11 is 0. The van der Waals surface area contributed by atoms with Crippen molar-refractivity contribution in [2.75, 3.05) is 17.7 Å². The summed E-state index contributed by atoms with van der Waals surface area (Å²) in [6, 6.07) is 17.1. The number of nitrogen functional groups attached to an aromatic ring is 1. The average Bonchev–Trinajstić information content (AvgIpc) is 3.31. The lowest BCUT2D eigenvalue weighted by molar-refractivity contribution is 0.417. The standard InChI is InChI=1S/C17H20N2O/c1-20-16-9-5-8-15(17(16)18)19(14-10-11-14)12-13-6-3-2-4-7-13/h2-9,14H,10-12,18H2,1H3. The average molecular weight is 268 g/mol. The number of hydrogen-bond donors (Lipinski definition) is 1. The molecule has 1 aliphatic carbocycles. The first-order valence-corrected chi connectivity index (χ1v) is 7.02. The zero-order chi connectivity index (χ0) is 13.9. The maximum absolute atomic E-state index is 6.25. The van der Waals surface area contributed by atoms with E-state index >= 15 is 0 Å². The Balaban J connectivity index is 1.91. The molecule has 3 nitrogen and oxygen atoms in total. The molecule has 104 valence electrons. The van der Waals surface area contributed by atoms with E-state index < -0.39 is 0 Å². The van der Waals surface area contributed by atoms with Crippen LogP contribution in [0, 0.1) is 0 Å². The van der Waals surface area contributed by atoms with Crippen molar-refractivity contribution >= 4 is 11.4 Å². The Hall–Kier alpha value is -2.16. The number of ether oxygens (including phenoxy) is 1. The first-order chi connectivity index (χ1) is 9.79. The predicted octanol–water partition coefficient (Wildman–Crippen LogP) is 3.45. The summed E-state index contributed by atoms with van der Waals surface area (Å²) in [6.07, 6.45) is 2.48. The van der Waals surface area contributed by atoms with Gasteiger partial charge in [-0.05, 0) is 30.5 Å². The van der Waals surface area contributed by atoms with Crippen LogP contribution in [0.2, 0.25) is 0 Å². The number of methoxy groups -OCH3 is 1. The highest BCUT2D eigenvalue weighted by atomic mass is 16.5. The molecule has 0 radical (unpaired) electrons. The van der Waals surface area contributed by atoms with Crippen LogP contribution in [-0.4, -0.2) is 13.2 Å². The second kappa shape index (κ2) is 5.45. The van der Waals surface area contributed by atoms with Gasteiger partial charge < -0.3 is 15.4 Å². The van der Waals surface area contributed by atoms with E-state index in [0.717, 1.165) is 23.7 Å². The predicted molar refractivity (Wildman–Crippen MR) is 83.1 cm³/mol. The number of rotatable bonds is 5. The molecule has 0 heterocycles. The fourth-order valence-electron chi connectivity index (χ4n) is 2.54. The van der Waals surface area contributed by atoms with E-state index in [1.54, 1.807) is 7.11 Å². The molecule has 0 bridgehead atoms. The van der Waals surface area contributed by atoms with Gasteiger partial charge >= 0.3 is 0 Å². The Morgan fingerprint density at radius 2 is 1.85 bits per heavy atom. The minimum Gasteiger partial charge on any atom is -0.495 e. The second-order valence-corrected chi connectivity index (χ2v) is 5.24. The van der Waals surface area contributed by atoms with Gasteiger partial charge in [0.1, 0.15) is 5.75 Å². The summed E-state index contributed by atoms with van der Waals surface area (Å²) in [6.45, 7) is 0.892. The third-order valence-corrected chi connectivity index (χ3v) is 3.76. The van der Waals surface area contributed by atoms with Crippen molar-refractivity contribution in [1.82, 2.24) is 0 Å². The molecule has 1 saturated carbocycles. The topological polar surface area (TPSA) is 38.5 Å². The van der Waals surface area contributed by atoms with Crippen LogP contribution in [0.25, 0.3) is 0 Å². The zero-order valence-electron chi connectivity index (χ0n) is 11.8. The lowest BCUT2D eigenvalue weighted by Crippen LogP contribution is -2.26. The normalized spacial score (nSPS) is 14.1. The van der Waals surface area contributed by atoms with Crippen LogP contribution < -0.4 is 15.4 Å². The van der Waals surface area contributed by atoms with Crippen LogP contribution in [0.3, 0.4) is 0 Å². The van der Waals surface area contributed by atoms with Crippen molar-refractivity contribution in [3.8, 4) is 5.75 Å². The van der Waals surface area contributed by atoms with Gasteiger partial charge in [-0.1, -0.05) is 36.4 Å². The van der Waals surface area contributed by atoms with E-state index in [2.05, 4.69) is 35.2 Å². The summed E-state index contributed by atoms with van der Waals surface area (Å²) in [5.74, 6) is 0.751. The third kappa shape index (κ3) is 2.57. The fraction of sp³-hybridized carbons (Fsp3) is 0.294. The van der Waals surface area contributed by atoms with Crippen LogP contribution in [0.5, 0.6) is 5.75 Å². The van der Waals surface area contributed by atoms with Gasteiger partial charge in [0.05, 0.1) is 18.5 Å². The van der Waals surface area contributed by atoms with Crippen LogP contribution in [-0.2, 0) is 6.54 Å². The van der Waals surface area contributed by atoms with E-state index in [-0.39, 0.29) is 0 Å². The maximum Gasteiger partial charge on any atom is 0.143 e. The molecule has 0 spiro atoms. The van der Waals surface area contributed by atoms with Gasteiger partial charge in [0.15, 0.2) is 0 Å². The Kier molecular flexibility index (Phi) is 3.50. The molecule has 1 aliphatic rings. The maximum atomic E-state index is 6.25. The van der Waals surface area contributed by atoms with Gasteiger partial charge in [0.2, 0.25) is 0 Å².